The van der Waals surface area contributed by atoms with Gasteiger partial charge < -0.3 is 9.64 Å². The summed E-state index contributed by atoms with van der Waals surface area (Å²) in [7, 11) is 0. The number of piperidine rings is 1. The SMILES string of the molecule is CCOC(=O)C1CCCN(C(=O)CSc2ccc(F)c(F)c2)C1. The molecule has 1 aliphatic heterocycles. The van der Waals surface area contributed by atoms with Crippen LogP contribution in [-0.4, -0.2) is 42.2 Å². The molecular weight excluding hydrogens is 324 g/mol. The number of hydrogen-bond acceptors (Lipinski definition) is 4. The first-order valence-corrected chi connectivity index (χ1v) is 8.52. The number of thioether (sulfide) groups is 1. The first-order valence-electron chi connectivity index (χ1n) is 7.53. The highest BCUT2D eigenvalue weighted by molar-refractivity contribution is 8.00. The van der Waals surface area contributed by atoms with E-state index in [4.69, 9.17) is 4.74 Å². The van der Waals surface area contributed by atoms with E-state index in [9.17, 15) is 18.4 Å². The largest absolute Gasteiger partial charge is 0.466 e. The van der Waals surface area contributed by atoms with Crippen LogP contribution >= 0.6 is 11.8 Å². The lowest BCUT2D eigenvalue weighted by Gasteiger charge is -2.31. The molecule has 23 heavy (non-hydrogen) atoms. The second kappa shape index (κ2) is 8.29. The van der Waals surface area contributed by atoms with E-state index in [1.54, 1.807) is 11.8 Å². The van der Waals surface area contributed by atoms with E-state index in [-0.39, 0.29) is 23.5 Å². The van der Waals surface area contributed by atoms with Crippen molar-refractivity contribution in [3.05, 3.63) is 29.8 Å². The zero-order valence-electron chi connectivity index (χ0n) is 12.9. The molecule has 4 nitrogen and oxygen atoms in total. The Morgan fingerprint density at radius 1 is 1.35 bits per heavy atom. The summed E-state index contributed by atoms with van der Waals surface area (Å²) in [6.07, 6.45) is 1.48. The van der Waals surface area contributed by atoms with Gasteiger partial charge in [-0.1, -0.05) is 0 Å². The van der Waals surface area contributed by atoms with Gasteiger partial charge in [0.25, 0.3) is 0 Å². The molecule has 0 aliphatic carbocycles. The van der Waals surface area contributed by atoms with Crippen molar-refractivity contribution in [2.24, 2.45) is 5.92 Å². The van der Waals surface area contributed by atoms with Gasteiger partial charge in [-0.2, -0.15) is 0 Å². The number of carbonyl (C=O) groups is 2. The van der Waals surface area contributed by atoms with Gasteiger partial charge in [0.2, 0.25) is 5.91 Å². The van der Waals surface area contributed by atoms with Crippen LogP contribution < -0.4 is 0 Å². The summed E-state index contributed by atoms with van der Waals surface area (Å²) in [5.74, 6) is -2.37. The lowest BCUT2D eigenvalue weighted by molar-refractivity contribution is -0.151. The summed E-state index contributed by atoms with van der Waals surface area (Å²) in [4.78, 5) is 26.1. The maximum absolute atomic E-state index is 13.1. The summed E-state index contributed by atoms with van der Waals surface area (Å²) in [6.45, 7) is 3.04. The van der Waals surface area contributed by atoms with Crippen LogP contribution in [-0.2, 0) is 14.3 Å². The van der Waals surface area contributed by atoms with E-state index in [0.717, 1.165) is 36.7 Å². The molecule has 1 unspecified atom stereocenters. The van der Waals surface area contributed by atoms with Crippen LogP contribution in [0.1, 0.15) is 19.8 Å². The summed E-state index contributed by atoms with van der Waals surface area (Å²) in [5, 5.41) is 0. The minimum atomic E-state index is -0.928. The third-order valence-corrected chi connectivity index (χ3v) is 4.63. The second-order valence-electron chi connectivity index (χ2n) is 5.30. The molecule has 0 aromatic heterocycles. The molecule has 0 bridgehead atoms. The Hall–Kier alpha value is -1.63. The van der Waals surface area contributed by atoms with E-state index in [1.807, 2.05) is 0 Å². The van der Waals surface area contributed by atoms with Crippen molar-refractivity contribution in [2.75, 3.05) is 25.4 Å². The minimum absolute atomic E-state index is 0.117. The first-order chi connectivity index (χ1) is 11.0. The smallest absolute Gasteiger partial charge is 0.310 e. The number of carbonyl (C=O) groups excluding carboxylic acids is 2. The summed E-state index contributed by atoms with van der Waals surface area (Å²) < 4.78 is 31.0. The Labute approximate surface area is 138 Å². The molecule has 1 atom stereocenters. The molecule has 1 fully saturated rings. The Kier molecular flexibility index (Phi) is 6.38. The average Bonchev–Trinajstić information content (AvgIpc) is 2.56. The highest BCUT2D eigenvalue weighted by Crippen LogP contribution is 2.23. The number of esters is 1. The molecule has 2 rings (SSSR count). The molecule has 0 N–H and O–H groups in total. The molecule has 0 spiro atoms. The molecule has 1 aromatic rings. The highest BCUT2D eigenvalue weighted by atomic mass is 32.2. The van der Waals surface area contributed by atoms with Crippen LogP contribution in [0, 0.1) is 17.6 Å². The van der Waals surface area contributed by atoms with Crippen LogP contribution in [0.3, 0.4) is 0 Å². The molecule has 126 valence electrons. The molecule has 1 aromatic carbocycles. The van der Waals surface area contributed by atoms with Gasteiger partial charge in [-0.3, -0.25) is 9.59 Å². The third kappa shape index (κ3) is 4.92. The Morgan fingerprint density at radius 3 is 2.83 bits per heavy atom. The summed E-state index contributed by atoms with van der Waals surface area (Å²) in [6, 6.07) is 3.55. The summed E-state index contributed by atoms with van der Waals surface area (Å²) >= 11 is 1.15. The molecule has 7 heteroatoms. The molecular formula is C16H19F2NO3S. The topological polar surface area (TPSA) is 46.6 Å². The highest BCUT2D eigenvalue weighted by Gasteiger charge is 2.29. The first kappa shape index (κ1) is 17.7. The van der Waals surface area contributed by atoms with Crippen molar-refractivity contribution in [1.29, 1.82) is 0 Å². The third-order valence-electron chi connectivity index (χ3n) is 3.65. The van der Waals surface area contributed by atoms with E-state index in [0.29, 0.717) is 24.6 Å². The van der Waals surface area contributed by atoms with Gasteiger partial charge in [0.05, 0.1) is 18.3 Å². The number of benzene rings is 1. The zero-order chi connectivity index (χ0) is 16.8. The van der Waals surface area contributed by atoms with Gasteiger partial charge in [0.15, 0.2) is 11.6 Å². The van der Waals surface area contributed by atoms with Crippen LogP contribution in [0.4, 0.5) is 8.78 Å². The van der Waals surface area contributed by atoms with Crippen molar-refractivity contribution < 1.29 is 23.1 Å². The van der Waals surface area contributed by atoms with E-state index in [2.05, 4.69) is 0 Å². The minimum Gasteiger partial charge on any atom is -0.466 e. The fourth-order valence-corrected chi connectivity index (χ4v) is 3.28. The fraction of sp³-hybridized carbons (Fsp3) is 0.500. The van der Waals surface area contributed by atoms with Gasteiger partial charge in [-0.05, 0) is 38.0 Å². The molecule has 1 saturated heterocycles. The number of nitrogens with zero attached hydrogens (tertiary/aromatic N) is 1. The van der Waals surface area contributed by atoms with E-state index >= 15 is 0 Å². The van der Waals surface area contributed by atoms with Crippen LogP contribution in [0.2, 0.25) is 0 Å². The predicted molar refractivity (Wildman–Crippen MR) is 83.0 cm³/mol. The lowest BCUT2D eigenvalue weighted by atomic mass is 9.98. The van der Waals surface area contributed by atoms with Gasteiger partial charge in [0.1, 0.15) is 0 Å². The molecule has 1 amide bonds. The van der Waals surface area contributed by atoms with Gasteiger partial charge in [0, 0.05) is 18.0 Å². The molecule has 1 aliphatic rings. The van der Waals surface area contributed by atoms with Gasteiger partial charge >= 0.3 is 5.97 Å². The number of amides is 1. The number of likely N-dealkylation sites (tertiary alicyclic amines) is 1. The Morgan fingerprint density at radius 2 is 2.13 bits per heavy atom. The molecule has 0 radical (unpaired) electrons. The summed E-state index contributed by atoms with van der Waals surface area (Å²) in [5.41, 5.74) is 0. The van der Waals surface area contributed by atoms with Crippen molar-refractivity contribution in [2.45, 2.75) is 24.7 Å². The van der Waals surface area contributed by atoms with Crippen LogP contribution in [0.5, 0.6) is 0 Å². The van der Waals surface area contributed by atoms with Crippen LogP contribution in [0.25, 0.3) is 0 Å². The standard InChI is InChI=1S/C16H19F2NO3S/c1-2-22-16(21)11-4-3-7-19(9-11)15(20)10-23-12-5-6-13(17)14(18)8-12/h5-6,8,11H,2-4,7,9-10H2,1H3. The monoisotopic (exact) mass is 343 g/mol. The van der Waals surface area contributed by atoms with E-state index < -0.39 is 11.6 Å². The van der Waals surface area contributed by atoms with Crippen molar-refractivity contribution in [1.82, 2.24) is 4.90 Å². The quantitative estimate of drug-likeness (QED) is 0.609. The predicted octanol–water partition coefficient (Wildman–Crippen LogP) is 2.86. The van der Waals surface area contributed by atoms with Crippen LogP contribution in [0.15, 0.2) is 23.1 Å². The Balaban J connectivity index is 1.87. The number of halogens is 2. The van der Waals surface area contributed by atoms with Crippen molar-refractivity contribution >= 4 is 23.6 Å². The van der Waals surface area contributed by atoms with Gasteiger partial charge in [-0.15, -0.1) is 11.8 Å². The Bertz CT molecular complexity index is 582. The lowest BCUT2D eigenvalue weighted by Crippen LogP contribution is -2.43. The second-order valence-corrected chi connectivity index (χ2v) is 6.34. The number of hydrogen-bond donors (Lipinski definition) is 0. The fourth-order valence-electron chi connectivity index (χ4n) is 2.46. The average molecular weight is 343 g/mol. The molecule has 0 saturated carbocycles. The maximum Gasteiger partial charge on any atom is 0.310 e. The zero-order valence-corrected chi connectivity index (χ0v) is 13.7. The normalized spacial score (nSPS) is 17.9. The van der Waals surface area contributed by atoms with E-state index in [1.165, 1.54) is 6.07 Å². The van der Waals surface area contributed by atoms with Crippen molar-refractivity contribution in [3.63, 3.8) is 0 Å². The van der Waals surface area contributed by atoms with Crippen molar-refractivity contribution in [3.8, 4) is 0 Å². The maximum atomic E-state index is 13.1. The molecule has 1 heterocycles. The number of rotatable bonds is 5. The number of ether oxygens (including phenoxy) is 1. The van der Waals surface area contributed by atoms with Gasteiger partial charge in [-0.25, -0.2) is 8.78 Å².